The monoisotopic (exact) mass is 334 g/mol. The van der Waals surface area contributed by atoms with Crippen molar-refractivity contribution in [3.05, 3.63) is 47.5 Å². The van der Waals surface area contributed by atoms with Gasteiger partial charge in [0.15, 0.2) is 11.5 Å². The van der Waals surface area contributed by atoms with E-state index in [-0.39, 0.29) is 11.7 Å². The van der Waals surface area contributed by atoms with Gasteiger partial charge in [0, 0.05) is 18.3 Å². The van der Waals surface area contributed by atoms with Gasteiger partial charge in [0.2, 0.25) is 16.8 Å². The number of aryl methyl sites for hydroxylation is 1. The molecule has 0 aromatic heterocycles. The van der Waals surface area contributed by atoms with E-state index < -0.39 is 10.0 Å². The van der Waals surface area contributed by atoms with Crippen molar-refractivity contribution in [1.29, 1.82) is 0 Å². The highest BCUT2D eigenvalue weighted by molar-refractivity contribution is 7.89. The lowest BCUT2D eigenvalue weighted by Gasteiger charge is -2.10. The minimum Gasteiger partial charge on any atom is -0.454 e. The molecule has 0 saturated carbocycles. The summed E-state index contributed by atoms with van der Waals surface area (Å²) in [4.78, 5) is 0.207. The predicted octanol–water partition coefficient (Wildman–Crippen LogP) is 1.83. The number of fused-ring (bicyclic) bond motifs is 1. The Bertz CT molecular complexity index is 817. The van der Waals surface area contributed by atoms with Crippen molar-refractivity contribution in [2.45, 2.75) is 18.2 Å². The molecular formula is C16H18N2O4S. The molecule has 0 aliphatic carbocycles. The average molecular weight is 334 g/mol. The highest BCUT2D eigenvalue weighted by Gasteiger charge is 2.22. The third kappa shape index (κ3) is 3.40. The second-order valence-electron chi connectivity index (χ2n) is 5.36. The van der Waals surface area contributed by atoms with Crippen LogP contribution in [0.1, 0.15) is 11.1 Å². The van der Waals surface area contributed by atoms with Gasteiger partial charge in [-0.25, -0.2) is 13.1 Å². The molecule has 1 heterocycles. The maximum Gasteiger partial charge on any atom is 0.240 e. The van der Waals surface area contributed by atoms with Crippen LogP contribution < -0.4 is 19.9 Å². The second-order valence-corrected chi connectivity index (χ2v) is 7.10. The number of anilines is 1. The van der Waals surface area contributed by atoms with Crippen LogP contribution in [0.15, 0.2) is 41.3 Å². The normalized spacial score (nSPS) is 13.3. The van der Waals surface area contributed by atoms with Gasteiger partial charge in [-0.2, -0.15) is 0 Å². The average Bonchev–Trinajstić information content (AvgIpc) is 2.95. The predicted molar refractivity (Wildman–Crippen MR) is 87.0 cm³/mol. The van der Waals surface area contributed by atoms with Gasteiger partial charge in [-0.15, -0.1) is 0 Å². The number of ether oxygens (including phenoxy) is 2. The summed E-state index contributed by atoms with van der Waals surface area (Å²) in [6, 6.07) is 10.5. The first-order valence-electron chi connectivity index (χ1n) is 7.20. The Morgan fingerprint density at radius 1 is 1.13 bits per heavy atom. The van der Waals surface area contributed by atoms with E-state index in [1.54, 1.807) is 25.1 Å². The van der Waals surface area contributed by atoms with E-state index in [0.717, 1.165) is 5.56 Å². The Balaban J connectivity index is 1.71. The Hall–Kier alpha value is -2.25. The molecule has 0 amide bonds. The van der Waals surface area contributed by atoms with Crippen LogP contribution in [0.4, 0.5) is 5.69 Å². The molecular weight excluding hydrogens is 316 g/mol. The van der Waals surface area contributed by atoms with Gasteiger partial charge in [0.05, 0.1) is 4.90 Å². The molecule has 6 nitrogen and oxygen atoms in total. The van der Waals surface area contributed by atoms with Gasteiger partial charge in [0.25, 0.3) is 0 Å². The molecule has 1 aliphatic rings. The maximum absolute atomic E-state index is 12.5. The fourth-order valence-electron chi connectivity index (χ4n) is 2.41. The van der Waals surface area contributed by atoms with E-state index in [4.69, 9.17) is 15.2 Å². The van der Waals surface area contributed by atoms with Crippen molar-refractivity contribution < 1.29 is 17.9 Å². The SMILES string of the molecule is Cc1cc2c(cc1S(=O)(=O)NCCc1ccc(N)cc1)OCO2. The van der Waals surface area contributed by atoms with E-state index in [1.807, 2.05) is 12.1 Å². The zero-order valence-electron chi connectivity index (χ0n) is 12.7. The summed E-state index contributed by atoms with van der Waals surface area (Å²) < 4.78 is 38.1. The van der Waals surface area contributed by atoms with Crippen molar-refractivity contribution >= 4 is 15.7 Å². The first-order valence-corrected chi connectivity index (χ1v) is 8.68. The van der Waals surface area contributed by atoms with Crippen LogP contribution in [0.2, 0.25) is 0 Å². The summed E-state index contributed by atoms with van der Waals surface area (Å²) in [7, 11) is -3.60. The summed E-state index contributed by atoms with van der Waals surface area (Å²) in [6.07, 6.45) is 0.586. The third-order valence-electron chi connectivity index (χ3n) is 3.65. The molecule has 1 aliphatic heterocycles. The minimum atomic E-state index is -3.60. The van der Waals surface area contributed by atoms with Gasteiger partial charge < -0.3 is 15.2 Å². The number of rotatable bonds is 5. The molecule has 3 rings (SSSR count). The highest BCUT2D eigenvalue weighted by atomic mass is 32.2. The van der Waals surface area contributed by atoms with Crippen LogP contribution in [0.3, 0.4) is 0 Å². The summed E-state index contributed by atoms with van der Waals surface area (Å²) >= 11 is 0. The Morgan fingerprint density at radius 3 is 2.48 bits per heavy atom. The first kappa shape index (κ1) is 15.6. The van der Waals surface area contributed by atoms with Crippen LogP contribution in [0.25, 0.3) is 0 Å². The molecule has 0 radical (unpaired) electrons. The smallest absolute Gasteiger partial charge is 0.240 e. The van der Waals surface area contributed by atoms with E-state index in [0.29, 0.717) is 35.7 Å². The van der Waals surface area contributed by atoms with Gasteiger partial charge in [-0.05, 0) is 42.7 Å². The van der Waals surface area contributed by atoms with Crippen LogP contribution in [-0.4, -0.2) is 21.8 Å². The fourth-order valence-corrected chi connectivity index (χ4v) is 3.68. The number of hydrogen-bond acceptors (Lipinski definition) is 5. The van der Waals surface area contributed by atoms with Crippen molar-refractivity contribution in [2.75, 3.05) is 19.1 Å². The highest BCUT2D eigenvalue weighted by Crippen LogP contribution is 2.36. The summed E-state index contributed by atoms with van der Waals surface area (Å²) in [5, 5.41) is 0. The van der Waals surface area contributed by atoms with E-state index >= 15 is 0 Å². The lowest BCUT2D eigenvalue weighted by Crippen LogP contribution is -2.26. The molecule has 0 spiro atoms. The Labute approximate surface area is 135 Å². The molecule has 0 fully saturated rings. The van der Waals surface area contributed by atoms with E-state index in [2.05, 4.69) is 4.72 Å². The second kappa shape index (κ2) is 6.10. The number of sulfonamides is 1. The Morgan fingerprint density at radius 2 is 1.78 bits per heavy atom. The minimum absolute atomic E-state index is 0.114. The maximum atomic E-state index is 12.5. The van der Waals surface area contributed by atoms with Crippen LogP contribution in [0.5, 0.6) is 11.5 Å². The van der Waals surface area contributed by atoms with Gasteiger partial charge in [-0.3, -0.25) is 0 Å². The Kier molecular flexibility index (Phi) is 4.14. The molecule has 122 valence electrons. The van der Waals surface area contributed by atoms with Crippen molar-refractivity contribution in [3.8, 4) is 11.5 Å². The number of nitrogens with one attached hydrogen (secondary N) is 1. The zero-order chi connectivity index (χ0) is 16.4. The molecule has 0 atom stereocenters. The summed E-state index contributed by atoms with van der Waals surface area (Å²) in [6.45, 7) is 2.15. The number of nitrogen functional groups attached to an aromatic ring is 1. The molecule has 3 N–H and O–H groups in total. The van der Waals surface area contributed by atoms with Gasteiger partial charge in [-0.1, -0.05) is 12.1 Å². The molecule has 0 unspecified atom stereocenters. The largest absolute Gasteiger partial charge is 0.454 e. The standard InChI is InChI=1S/C16H18N2O4S/c1-11-8-14-15(22-10-21-14)9-16(11)23(19,20)18-7-6-12-2-4-13(17)5-3-12/h2-5,8-9,18H,6-7,10,17H2,1H3. The topological polar surface area (TPSA) is 90.7 Å². The van der Waals surface area contributed by atoms with Gasteiger partial charge in [0.1, 0.15) is 0 Å². The summed E-state index contributed by atoms with van der Waals surface area (Å²) in [5.74, 6) is 1.03. The van der Waals surface area contributed by atoms with Crippen molar-refractivity contribution in [3.63, 3.8) is 0 Å². The lowest BCUT2D eigenvalue weighted by molar-refractivity contribution is 0.174. The molecule has 23 heavy (non-hydrogen) atoms. The molecule has 7 heteroatoms. The van der Waals surface area contributed by atoms with Gasteiger partial charge >= 0.3 is 0 Å². The molecule has 0 saturated heterocycles. The number of hydrogen-bond donors (Lipinski definition) is 2. The summed E-state index contributed by atoms with van der Waals surface area (Å²) in [5.41, 5.74) is 7.95. The molecule has 2 aromatic rings. The molecule has 2 aromatic carbocycles. The lowest BCUT2D eigenvalue weighted by atomic mass is 10.1. The molecule has 0 bridgehead atoms. The third-order valence-corrected chi connectivity index (χ3v) is 5.25. The number of benzene rings is 2. The van der Waals surface area contributed by atoms with E-state index in [1.165, 1.54) is 6.07 Å². The fraction of sp³-hybridized carbons (Fsp3) is 0.250. The van der Waals surface area contributed by atoms with Crippen molar-refractivity contribution in [2.24, 2.45) is 0 Å². The quantitative estimate of drug-likeness (QED) is 0.814. The zero-order valence-corrected chi connectivity index (χ0v) is 13.5. The van der Waals surface area contributed by atoms with E-state index in [9.17, 15) is 8.42 Å². The van der Waals surface area contributed by atoms with Crippen LogP contribution >= 0.6 is 0 Å². The van der Waals surface area contributed by atoms with Crippen LogP contribution in [-0.2, 0) is 16.4 Å². The van der Waals surface area contributed by atoms with Crippen LogP contribution in [0, 0.1) is 6.92 Å². The number of nitrogens with two attached hydrogens (primary N) is 1. The first-order chi connectivity index (χ1) is 11.0. The van der Waals surface area contributed by atoms with Crippen molar-refractivity contribution in [1.82, 2.24) is 4.72 Å².